The fourth-order valence-corrected chi connectivity index (χ4v) is 8.26. The van der Waals surface area contributed by atoms with Crippen molar-refractivity contribution in [3.05, 3.63) is 97.2 Å². The lowest BCUT2D eigenvalue weighted by molar-refractivity contribution is -0.167. The van der Waals surface area contributed by atoms with Crippen LogP contribution in [0.4, 0.5) is 0 Å². The van der Waals surface area contributed by atoms with Gasteiger partial charge < -0.3 is 14.2 Å². The predicted molar refractivity (Wildman–Crippen MR) is 311 cm³/mol. The molecule has 0 radical (unpaired) electrons. The quantitative estimate of drug-likeness (QED) is 0.0261. The van der Waals surface area contributed by atoms with Gasteiger partial charge in [0, 0.05) is 19.3 Å². The number of carbonyl (C=O) groups is 3. The predicted octanol–water partition coefficient (Wildman–Crippen LogP) is 20.5. The third kappa shape index (κ3) is 57.2. The Bertz CT molecular complexity index is 1430. The van der Waals surface area contributed by atoms with Gasteiger partial charge in [0.2, 0.25) is 0 Å². The third-order valence-electron chi connectivity index (χ3n) is 12.8. The topological polar surface area (TPSA) is 78.9 Å². The average Bonchev–Trinajstić information content (AvgIpc) is 3.38. The molecule has 1 unspecified atom stereocenters. The molecule has 0 N–H and O–H groups in total. The maximum absolute atomic E-state index is 12.9. The van der Waals surface area contributed by atoms with Gasteiger partial charge >= 0.3 is 17.9 Å². The molecule has 6 heteroatoms. The number of esters is 3. The second kappa shape index (κ2) is 59.9. The van der Waals surface area contributed by atoms with Crippen molar-refractivity contribution in [2.45, 2.75) is 290 Å². The Labute approximate surface area is 445 Å². The molecular formula is C66H112O6. The van der Waals surface area contributed by atoms with Crippen LogP contribution in [-0.4, -0.2) is 37.2 Å². The Kier molecular flexibility index (Phi) is 56.8. The highest BCUT2D eigenvalue weighted by molar-refractivity contribution is 5.71. The largest absolute Gasteiger partial charge is 0.462 e. The molecule has 6 nitrogen and oxygen atoms in total. The summed E-state index contributed by atoms with van der Waals surface area (Å²) in [6.07, 6.45) is 79.7. The summed E-state index contributed by atoms with van der Waals surface area (Å²) in [6.45, 7) is 6.48. The van der Waals surface area contributed by atoms with Crippen molar-refractivity contribution in [3.63, 3.8) is 0 Å². The average molecular weight is 1000 g/mol. The van der Waals surface area contributed by atoms with Crippen LogP contribution in [0.15, 0.2) is 97.2 Å². The molecule has 0 rings (SSSR count). The Hall–Kier alpha value is -3.67. The molecule has 0 spiro atoms. The maximum Gasteiger partial charge on any atom is 0.306 e. The van der Waals surface area contributed by atoms with E-state index >= 15 is 0 Å². The van der Waals surface area contributed by atoms with E-state index in [1.165, 1.54) is 135 Å². The van der Waals surface area contributed by atoms with Gasteiger partial charge in [-0.2, -0.15) is 0 Å². The van der Waals surface area contributed by atoms with Crippen LogP contribution in [0.5, 0.6) is 0 Å². The van der Waals surface area contributed by atoms with Gasteiger partial charge in [-0.1, -0.05) is 240 Å². The summed E-state index contributed by atoms with van der Waals surface area (Å²) in [5.74, 6) is -0.935. The van der Waals surface area contributed by atoms with Crippen molar-refractivity contribution in [2.75, 3.05) is 13.2 Å². The van der Waals surface area contributed by atoms with Crippen molar-refractivity contribution in [2.24, 2.45) is 0 Å². The van der Waals surface area contributed by atoms with Gasteiger partial charge in [-0.05, 0) is 122 Å². The van der Waals surface area contributed by atoms with Crippen LogP contribution in [0.25, 0.3) is 0 Å². The highest BCUT2D eigenvalue weighted by atomic mass is 16.6. The minimum Gasteiger partial charge on any atom is -0.462 e. The molecule has 0 aromatic rings. The molecule has 0 saturated carbocycles. The molecule has 0 fully saturated rings. The SMILES string of the molecule is CC/C=C\C/C=C\C/C=C\C/C=C\C/C=C\CCCCCC(=O)OC(COC(=O)CCCCCCC/C=C\CCCCCCC)COC(=O)CCCCCCCCCCC/C=C\C/C=C\CCCCCCC. The van der Waals surface area contributed by atoms with Crippen LogP contribution in [-0.2, 0) is 28.6 Å². The van der Waals surface area contributed by atoms with Crippen LogP contribution in [0, 0.1) is 0 Å². The zero-order valence-corrected chi connectivity index (χ0v) is 47.2. The summed E-state index contributed by atoms with van der Waals surface area (Å²) < 4.78 is 16.9. The first-order valence-electron chi connectivity index (χ1n) is 30.2. The van der Waals surface area contributed by atoms with Crippen LogP contribution in [0.1, 0.15) is 284 Å². The molecule has 0 bridgehead atoms. The molecular weight excluding hydrogens is 889 g/mol. The first-order valence-corrected chi connectivity index (χ1v) is 30.2. The van der Waals surface area contributed by atoms with Gasteiger partial charge in [0.15, 0.2) is 6.10 Å². The van der Waals surface area contributed by atoms with Crippen LogP contribution in [0.2, 0.25) is 0 Å². The van der Waals surface area contributed by atoms with E-state index in [1.54, 1.807) is 0 Å². The van der Waals surface area contributed by atoms with Gasteiger partial charge in [-0.25, -0.2) is 0 Å². The van der Waals surface area contributed by atoms with Gasteiger partial charge in [0.25, 0.3) is 0 Å². The monoisotopic (exact) mass is 1000 g/mol. The van der Waals surface area contributed by atoms with E-state index in [-0.39, 0.29) is 37.5 Å². The van der Waals surface area contributed by atoms with Gasteiger partial charge in [0.05, 0.1) is 0 Å². The second-order valence-corrected chi connectivity index (χ2v) is 19.9. The summed E-state index contributed by atoms with van der Waals surface area (Å²) >= 11 is 0. The number of hydrogen-bond donors (Lipinski definition) is 0. The lowest BCUT2D eigenvalue weighted by Crippen LogP contribution is -2.30. The van der Waals surface area contributed by atoms with Gasteiger partial charge in [-0.3, -0.25) is 14.4 Å². The number of hydrogen-bond acceptors (Lipinski definition) is 6. The first-order chi connectivity index (χ1) is 35.5. The van der Waals surface area contributed by atoms with E-state index in [9.17, 15) is 14.4 Å². The van der Waals surface area contributed by atoms with E-state index in [0.29, 0.717) is 12.8 Å². The van der Waals surface area contributed by atoms with E-state index in [1.807, 2.05) is 0 Å². The fourth-order valence-electron chi connectivity index (χ4n) is 8.26. The number of allylic oxidation sites excluding steroid dienone is 16. The molecule has 1 atom stereocenters. The molecule has 0 heterocycles. The molecule has 0 saturated heterocycles. The van der Waals surface area contributed by atoms with Crippen molar-refractivity contribution in [1.82, 2.24) is 0 Å². The minimum absolute atomic E-state index is 0.0959. The Morgan fingerprint density at radius 2 is 0.542 bits per heavy atom. The maximum atomic E-state index is 12.9. The summed E-state index contributed by atoms with van der Waals surface area (Å²) in [5, 5.41) is 0. The normalized spacial score (nSPS) is 12.8. The van der Waals surface area contributed by atoms with E-state index in [2.05, 4.69) is 118 Å². The second-order valence-electron chi connectivity index (χ2n) is 19.9. The Balaban J connectivity index is 4.44. The Morgan fingerprint density at radius 3 is 0.875 bits per heavy atom. The number of carbonyl (C=O) groups excluding carboxylic acids is 3. The molecule has 0 aliphatic carbocycles. The van der Waals surface area contributed by atoms with Crippen LogP contribution >= 0.6 is 0 Å². The van der Waals surface area contributed by atoms with Crippen molar-refractivity contribution >= 4 is 17.9 Å². The van der Waals surface area contributed by atoms with E-state index < -0.39 is 6.10 Å². The van der Waals surface area contributed by atoms with E-state index in [4.69, 9.17) is 14.2 Å². The molecule has 72 heavy (non-hydrogen) atoms. The molecule has 0 aliphatic rings. The zero-order chi connectivity index (χ0) is 52.2. The zero-order valence-electron chi connectivity index (χ0n) is 47.2. The highest BCUT2D eigenvalue weighted by Crippen LogP contribution is 2.15. The fraction of sp³-hybridized carbons (Fsp3) is 0.712. The first kappa shape index (κ1) is 68.3. The summed E-state index contributed by atoms with van der Waals surface area (Å²) in [5.41, 5.74) is 0. The van der Waals surface area contributed by atoms with Gasteiger partial charge in [-0.15, -0.1) is 0 Å². The van der Waals surface area contributed by atoms with Crippen LogP contribution < -0.4 is 0 Å². The molecule has 0 amide bonds. The third-order valence-corrected chi connectivity index (χ3v) is 12.8. The molecule has 0 aliphatic heterocycles. The number of unbranched alkanes of at least 4 members (excludes halogenated alkanes) is 27. The van der Waals surface area contributed by atoms with Crippen molar-refractivity contribution < 1.29 is 28.6 Å². The van der Waals surface area contributed by atoms with Crippen molar-refractivity contribution in [1.29, 1.82) is 0 Å². The molecule has 0 aromatic carbocycles. The molecule has 0 aromatic heterocycles. The standard InChI is InChI=1S/C66H112O6/c1-4-7-10-13-16-19-22-25-28-30-32-33-35-36-38-41-44-47-50-53-56-59-65(68)71-62-63(61-70-64(67)58-55-52-49-46-43-40-27-24-21-18-15-12-9-6-3)72-66(69)60-57-54-51-48-45-42-39-37-34-31-29-26-23-20-17-14-11-8-5-2/h8,11,17,20,22,24-27,29-30,32,34,37,42,45,63H,4-7,9-10,12-16,18-19,21,23,28,31,33,35-36,38-41,43-44,46-62H2,1-3H3/b11-8-,20-17-,25-22-,27-24-,29-26-,32-30-,37-34-,45-42-. The summed E-state index contributed by atoms with van der Waals surface area (Å²) in [4.78, 5) is 38.2. The lowest BCUT2D eigenvalue weighted by atomic mass is 10.1. The molecule has 412 valence electrons. The Morgan fingerprint density at radius 1 is 0.292 bits per heavy atom. The minimum atomic E-state index is -0.802. The van der Waals surface area contributed by atoms with Crippen molar-refractivity contribution in [3.8, 4) is 0 Å². The number of ether oxygens (including phenoxy) is 3. The highest BCUT2D eigenvalue weighted by Gasteiger charge is 2.19. The summed E-state index contributed by atoms with van der Waals surface area (Å²) in [6, 6.07) is 0. The van der Waals surface area contributed by atoms with Gasteiger partial charge in [0.1, 0.15) is 13.2 Å². The van der Waals surface area contributed by atoms with E-state index in [0.717, 1.165) is 109 Å². The smallest absolute Gasteiger partial charge is 0.306 e. The lowest BCUT2D eigenvalue weighted by Gasteiger charge is -2.18. The van der Waals surface area contributed by atoms with Crippen LogP contribution in [0.3, 0.4) is 0 Å². The number of rotatable bonds is 54. The summed E-state index contributed by atoms with van der Waals surface area (Å²) in [7, 11) is 0.